The van der Waals surface area contributed by atoms with E-state index in [9.17, 15) is 0 Å². The molecule has 0 aliphatic carbocycles. The van der Waals surface area contributed by atoms with Crippen LogP contribution in [0.25, 0.3) is 43.8 Å². The molecule has 0 N–H and O–H groups in total. The van der Waals surface area contributed by atoms with Gasteiger partial charge in [-0.1, -0.05) is 110 Å². The predicted molar refractivity (Wildman–Crippen MR) is 215 cm³/mol. The Morgan fingerprint density at radius 3 is 1.28 bits per heavy atom. The van der Waals surface area contributed by atoms with Crippen molar-refractivity contribution in [2.24, 2.45) is 0 Å². The summed E-state index contributed by atoms with van der Waals surface area (Å²) < 4.78 is 0. The van der Waals surface area contributed by atoms with E-state index in [0.29, 0.717) is 0 Å². The Bertz CT molecular complexity index is 1800. The first kappa shape index (κ1) is 44.8. The van der Waals surface area contributed by atoms with E-state index in [1.165, 1.54) is 112 Å². The van der Waals surface area contributed by atoms with Gasteiger partial charge in [0.1, 0.15) is 0 Å². The third-order valence-corrected chi connectivity index (χ3v) is 7.89. The third kappa shape index (κ3) is 11.4. The number of hydrogen-bond donors (Lipinski definition) is 0. The number of benzene rings is 4. The van der Waals surface area contributed by atoms with E-state index in [-0.39, 0.29) is 24.8 Å². The fourth-order valence-electron chi connectivity index (χ4n) is 6.06. The van der Waals surface area contributed by atoms with Crippen molar-refractivity contribution in [1.82, 2.24) is 0 Å². The summed E-state index contributed by atoms with van der Waals surface area (Å²) in [5, 5.41) is 5.56. The maximum absolute atomic E-state index is 3.25. The molecule has 4 heteroatoms. The van der Waals surface area contributed by atoms with E-state index in [1.54, 1.807) is 13.8 Å². The van der Waals surface area contributed by atoms with E-state index in [1.807, 2.05) is 0 Å². The molecule has 250 valence electrons. The molecular weight excluding hydrogens is 707 g/mol. The van der Waals surface area contributed by atoms with Gasteiger partial charge in [0.05, 0.1) is 0 Å². The van der Waals surface area contributed by atoms with Gasteiger partial charge in [0.2, 0.25) is 0 Å². The molecule has 0 aliphatic rings. The topological polar surface area (TPSA) is 0 Å². The van der Waals surface area contributed by atoms with Gasteiger partial charge < -0.3 is 13.8 Å². The molecule has 0 unspecified atom stereocenters. The molecule has 0 bridgehead atoms. The summed E-state index contributed by atoms with van der Waals surface area (Å²) >= 11 is 1.36. The fourth-order valence-corrected chi connectivity index (χ4v) is 6.06. The number of hydrogen-bond acceptors (Lipinski definition) is 0. The van der Waals surface area contributed by atoms with Gasteiger partial charge in [0.25, 0.3) is 0 Å². The van der Waals surface area contributed by atoms with Gasteiger partial charge in [-0.05, 0) is 45.2 Å². The normalized spacial score (nSPS) is 9.60. The summed E-state index contributed by atoms with van der Waals surface area (Å²) in [4.78, 5) is 0. The van der Waals surface area contributed by atoms with Crippen LogP contribution in [0.2, 0.25) is 0 Å². The van der Waals surface area contributed by atoms with Crippen LogP contribution < -0.4 is 0 Å². The van der Waals surface area contributed by atoms with Crippen LogP contribution in [0.3, 0.4) is 0 Å². The van der Waals surface area contributed by atoms with Gasteiger partial charge in [-0.2, -0.15) is 26.0 Å². The number of halogens is 2. The molecule has 0 spiro atoms. The van der Waals surface area contributed by atoms with Crippen molar-refractivity contribution in [1.29, 1.82) is 0 Å². The van der Waals surface area contributed by atoms with E-state index in [2.05, 4.69) is 161 Å². The SMILES string of the molecule is CCc1cc2c(-c3cc(C)cc(C)c3)ccc(C)c2[cH-]1.Cc1cc(C)cc(-c2ccc(C)c3[cH-]c(C)cc23)c1.Cl.Cl.[CH2-]C.[CH2-]C.[Si]=[Zr]. The summed E-state index contributed by atoms with van der Waals surface area (Å²) in [7, 11) is 0. The van der Waals surface area contributed by atoms with E-state index >= 15 is 0 Å². The van der Waals surface area contributed by atoms with Gasteiger partial charge in [-0.15, -0.1) is 92.9 Å². The summed E-state index contributed by atoms with van der Waals surface area (Å²) in [6.45, 7) is 30.5. The molecule has 0 amide bonds. The van der Waals surface area contributed by atoms with Crippen LogP contribution in [0.4, 0.5) is 0 Å². The first-order valence-electron chi connectivity index (χ1n) is 15.8. The summed E-state index contributed by atoms with van der Waals surface area (Å²) in [5.74, 6) is 0. The average Bonchev–Trinajstić information content (AvgIpc) is 3.65. The van der Waals surface area contributed by atoms with Crippen molar-refractivity contribution in [2.75, 3.05) is 0 Å². The van der Waals surface area contributed by atoms with Crippen LogP contribution in [0.15, 0.2) is 84.9 Å². The zero-order valence-electron chi connectivity index (χ0n) is 30.0. The maximum atomic E-state index is 3.25. The summed E-state index contributed by atoms with van der Waals surface area (Å²) in [6, 6.07) is 31.9. The minimum absolute atomic E-state index is 0. The first-order chi connectivity index (χ1) is 21.6. The Hall–Kier alpha value is -2.22. The fraction of sp³-hybridized carbons (Fsp3) is 0.256. The standard InChI is InChI=1S/C20H21.C19H19.2C2H5.2ClH.Si.Zr/c1-5-16-11-19-15(4)6-7-18(20(19)12-16)17-9-13(2)8-14(3)10-17;1-12-7-13(2)9-16(8-12)17-6-5-15(4)18-10-14(3)11-19(17)18;2*1-2;;;;/h6-12H,5H2,1-4H3;5-11H,1-4H3;2*1H2,2H3;2*1H;;/q4*-1;;;;. The van der Waals surface area contributed by atoms with Crippen molar-refractivity contribution in [2.45, 2.75) is 75.7 Å². The van der Waals surface area contributed by atoms with Crippen molar-refractivity contribution >= 4 is 53.2 Å². The molecule has 0 heterocycles. The molecule has 0 saturated heterocycles. The summed E-state index contributed by atoms with van der Waals surface area (Å²) in [6.07, 6.45) is 1.10. The zero-order valence-corrected chi connectivity index (χ0v) is 35.1. The third-order valence-electron chi connectivity index (χ3n) is 7.89. The molecule has 6 aromatic carbocycles. The molecule has 47 heavy (non-hydrogen) atoms. The van der Waals surface area contributed by atoms with Crippen molar-refractivity contribution in [3.05, 3.63) is 143 Å². The molecule has 0 nitrogen and oxygen atoms in total. The number of aryl methyl sites for hydroxylation is 8. The van der Waals surface area contributed by atoms with Crippen LogP contribution in [-0.2, 0) is 29.8 Å². The van der Waals surface area contributed by atoms with Gasteiger partial charge in [-0.3, -0.25) is 0 Å². The van der Waals surface area contributed by atoms with Crippen LogP contribution >= 0.6 is 24.8 Å². The molecule has 0 fully saturated rings. The predicted octanol–water partition coefficient (Wildman–Crippen LogP) is 13.3. The molecule has 6 rings (SSSR count). The minimum atomic E-state index is 0. The second-order valence-corrected chi connectivity index (χ2v) is 11.5. The van der Waals surface area contributed by atoms with Crippen molar-refractivity contribution in [3.63, 3.8) is 0 Å². The van der Waals surface area contributed by atoms with Crippen LogP contribution in [-0.4, -0.2) is 6.88 Å². The van der Waals surface area contributed by atoms with Gasteiger partial charge in [0, 0.05) is 0 Å². The van der Waals surface area contributed by atoms with Crippen LogP contribution in [0, 0.1) is 62.3 Å². The van der Waals surface area contributed by atoms with E-state index in [4.69, 9.17) is 0 Å². The van der Waals surface area contributed by atoms with E-state index in [0.717, 1.165) is 6.42 Å². The Morgan fingerprint density at radius 2 is 0.894 bits per heavy atom. The molecule has 0 aliphatic heterocycles. The number of rotatable bonds is 3. The van der Waals surface area contributed by atoms with Gasteiger partial charge >= 0.3 is 30.2 Å². The van der Waals surface area contributed by atoms with Gasteiger partial charge in [0.15, 0.2) is 0 Å². The van der Waals surface area contributed by atoms with E-state index < -0.39 is 0 Å². The average molecular weight is 759 g/mol. The first-order valence-corrected chi connectivity index (χ1v) is 20.0. The Kier molecular flexibility index (Phi) is 20.7. The molecule has 0 atom stereocenters. The molecular formula is C43H52Cl2SiZr-4. The van der Waals surface area contributed by atoms with Crippen LogP contribution in [0.1, 0.15) is 65.3 Å². The Morgan fingerprint density at radius 1 is 0.532 bits per heavy atom. The number of fused-ring (bicyclic) bond motifs is 2. The Balaban J connectivity index is 0.000000750. The van der Waals surface area contributed by atoms with Crippen LogP contribution in [0.5, 0.6) is 0 Å². The monoisotopic (exact) mass is 756 g/mol. The molecule has 2 radical (unpaired) electrons. The van der Waals surface area contributed by atoms with Crippen molar-refractivity contribution in [3.8, 4) is 22.3 Å². The summed E-state index contributed by atoms with van der Waals surface area (Å²) in [5.41, 5.74) is 16.2. The molecule has 0 saturated carbocycles. The zero-order chi connectivity index (χ0) is 33.8. The molecule has 0 aromatic heterocycles. The Labute approximate surface area is 315 Å². The second kappa shape index (κ2) is 21.7. The second-order valence-electron chi connectivity index (χ2n) is 11.5. The molecule has 6 aromatic rings. The van der Waals surface area contributed by atoms with Crippen molar-refractivity contribution < 1.29 is 23.3 Å². The quantitative estimate of drug-likeness (QED) is 0.125. The van der Waals surface area contributed by atoms with Gasteiger partial charge in [-0.25, -0.2) is 0 Å².